The van der Waals surface area contributed by atoms with Crippen molar-refractivity contribution in [3.05, 3.63) is 28.8 Å². The maximum absolute atomic E-state index is 12.5. The Kier molecular flexibility index (Phi) is 6.97. The predicted molar refractivity (Wildman–Crippen MR) is 94.9 cm³/mol. The van der Waals surface area contributed by atoms with Gasteiger partial charge < -0.3 is 15.0 Å². The molecular formula is C18H22ClF3N2O3. The Labute approximate surface area is 160 Å². The van der Waals surface area contributed by atoms with Gasteiger partial charge in [0.2, 0.25) is 0 Å². The SMILES string of the molecule is CC(C)Oc1ccc(Cl)cc1C(=O)NCC1CCN(C(=O)C(F)(F)F)CC1. The fourth-order valence-electron chi connectivity index (χ4n) is 2.89. The van der Waals surface area contributed by atoms with E-state index in [2.05, 4.69) is 5.32 Å². The summed E-state index contributed by atoms with van der Waals surface area (Å²) in [5.74, 6) is -1.75. The summed E-state index contributed by atoms with van der Waals surface area (Å²) < 4.78 is 43.0. The summed E-state index contributed by atoms with van der Waals surface area (Å²) in [6, 6.07) is 4.76. The van der Waals surface area contributed by atoms with Gasteiger partial charge in [0.1, 0.15) is 5.75 Å². The molecule has 0 aliphatic carbocycles. The molecule has 2 rings (SSSR count). The lowest BCUT2D eigenvalue weighted by Gasteiger charge is -2.32. The van der Waals surface area contributed by atoms with E-state index in [9.17, 15) is 22.8 Å². The lowest BCUT2D eigenvalue weighted by atomic mass is 9.96. The van der Waals surface area contributed by atoms with Crippen LogP contribution in [0.15, 0.2) is 18.2 Å². The van der Waals surface area contributed by atoms with Crippen molar-refractivity contribution in [3.8, 4) is 5.75 Å². The summed E-state index contributed by atoms with van der Waals surface area (Å²) in [5.41, 5.74) is 0.306. The van der Waals surface area contributed by atoms with Crippen LogP contribution in [0.2, 0.25) is 5.02 Å². The Morgan fingerprint density at radius 3 is 2.48 bits per heavy atom. The summed E-state index contributed by atoms with van der Waals surface area (Å²) in [4.78, 5) is 24.5. The molecule has 0 radical (unpaired) electrons. The average Bonchev–Trinajstić information content (AvgIpc) is 2.60. The molecule has 5 nitrogen and oxygen atoms in total. The van der Waals surface area contributed by atoms with E-state index in [0.29, 0.717) is 35.7 Å². The molecular weight excluding hydrogens is 385 g/mol. The second kappa shape index (κ2) is 8.82. The van der Waals surface area contributed by atoms with Gasteiger partial charge in [-0.2, -0.15) is 13.2 Å². The maximum Gasteiger partial charge on any atom is 0.471 e. The van der Waals surface area contributed by atoms with Gasteiger partial charge in [0, 0.05) is 24.7 Å². The topological polar surface area (TPSA) is 58.6 Å². The van der Waals surface area contributed by atoms with Gasteiger partial charge in [0.15, 0.2) is 0 Å². The molecule has 2 amide bonds. The first-order valence-corrected chi connectivity index (χ1v) is 9.06. The molecule has 1 aliphatic rings. The number of alkyl halides is 3. The van der Waals surface area contributed by atoms with Gasteiger partial charge in [-0.15, -0.1) is 0 Å². The van der Waals surface area contributed by atoms with Gasteiger partial charge >= 0.3 is 12.1 Å². The zero-order valence-electron chi connectivity index (χ0n) is 15.1. The predicted octanol–water partition coefficient (Wildman–Crippen LogP) is 3.66. The summed E-state index contributed by atoms with van der Waals surface area (Å²) in [6.45, 7) is 4.04. The number of carbonyl (C=O) groups excluding carboxylic acids is 2. The number of likely N-dealkylation sites (tertiary alicyclic amines) is 1. The number of ether oxygens (including phenoxy) is 1. The number of hydrogen-bond donors (Lipinski definition) is 1. The highest BCUT2D eigenvalue weighted by atomic mass is 35.5. The molecule has 27 heavy (non-hydrogen) atoms. The zero-order chi connectivity index (χ0) is 20.2. The van der Waals surface area contributed by atoms with Crippen LogP contribution in [0.4, 0.5) is 13.2 Å². The molecule has 150 valence electrons. The molecule has 1 fully saturated rings. The minimum absolute atomic E-state index is 0.000107. The first-order chi connectivity index (χ1) is 12.6. The summed E-state index contributed by atoms with van der Waals surface area (Å²) in [7, 11) is 0. The number of nitrogens with zero attached hydrogens (tertiary/aromatic N) is 1. The number of amides is 2. The van der Waals surface area contributed by atoms with E-state index in [1.807, 2.05) is 13.8 Å². The van der Waals surface area contributed by atoms with Crippen LogP contribution in [0.3, 0.4) is 0 Å². The van der Waals surface area contributed by atoms with Crippen molar-refractivity contribution in [1.82, 2.24) is 10.2 Å². The second-order valence-corrected chi connectivity index (χ2v) is 7.19. The van der Waals surface area contributed by atoms with Crippen LogP contribution >= 0.6 is 11.6 Å². The van der Waals surface area contributed by atoms with Gasteiger partial charge in [0.25, 0.3) is 5.91 Å². The molecule has 0 saturated carbocycles. The van der Waals surface area contributed by atoms with Crippen LogP contribution in [0.5, 0.6) is 5.75 Å². The summed E-state index contributed by atoms with van der Waals surface area (Å²) in [6.07, 6.45) is -4.17. The number of piperidine rings is 1. The zero-order valence-corrected chi connectivity index (χ0v) is 15.9. The van der Waals surface area contributed by atoms with E-state index in [1.165, 1.54) is 6.07 Å². The van der Waals surface area contributed by atoms with E-state index in [4.69, 9.17) is 16.3 Å². The molecule has 1 aromatic carbocycles. The van der Waals surface area contributed by atoms with Crippen LogP contribution < -0.4 is 10.1 Å². The number of nitrogens with one attached hydrogen (secondary N) is 1. The number of halogens is 4. The first kappa shape index (κ1) is 21.3. The first-order valence-electron chi connectivity index (χ1n) is 8.68. The highest BCUT2D eigenvalue weighted by Gasteiger charge is 2.43. The Hall–Kier alpha value is -1.96. The highest BCUT2D eigenvalue weighted by Crippen LogP contribution is 2.25. The van der Waals surface area contributed by atoms with Crippen LogP contribution in [-0.4, -0.2) is 48.6 Å². The van der Waals surface area contributed by atoms with Gasteiger partial charge in [-0.1, -0.05) is 11.6 Å². The molecule has 0 aromatic heterocycles. The molecule has 9 heteroatoms. The van der Waals surface area contributed by atoms with Crippen LogP contribution in [0, 0.1) is 5.92 Å². The third kappa shape index (κ3) is 6.02. The largest absolute Gasteiger partial charge is 0.490 e. The Morgan fingerprint density at radius 2 is 1.93 bits per heavy atom. The van der Waals surface area contributed by atoms with Crippen LogP contribution in [-0.2, 0) is 4.79 Å². The lowest BCUT2D eigenvalue weighted by molar-refractivity contribution is -0.186. The van der Waals surface area contributed by atoms with Crippen molar-refractivity contribution >= 4 is 23.4 Å². The molecule has 1 saturated heterocycles. The van der Waals surface area contributed by atoms with Gasteiger partial charge in [-0.3, -0.25) is 9.59 Å². The highest BCUT2D eigenvalue weighted by molar-refractivity contribution is 6.31. The fraction of sp³-hybridized carbons (Fsp3) is 0.556. The molecule has 0 spiro atoms. The Morgan fingerprint density at radius 1 is 1.30 bits per heavy atom. The molecule has 1 N–H and O–H groups in total. The van der Waals surface area contributed by atoms with E-state index in [0.717, 1.165) is 4.90 Å². The van der Waals surface area contributed by atoms with Crippen molar-refractivity contribution < 1.29 is 27.5 Å². The quantitative estimate of drug-likeness (QED) is 0.811. The van der Waals surface area contributed by atoms with Crippen molar-refractivity contribution in [1.29, 1.82) is 0 Å². The molecule has 0 bridgehead atoms. The van der Waals surface area contributed by atoms with Crippen molar-refractivity contribution in [3.63, 3.8) is 0 Å². The van der Waals surface area contributed by atoms with Gasteiger partial charge in [-0.05, 0) is 50.8 Å². The lowest BCUT2D eigenvalue weighted by Crippen LogP contribution is -2.46. The normalized spacial score (nSPS) is 15.7. The number of rotatable bonds is 5. The van der Waals surface area contributed by atoms with Crippen LogP contribution in [0.25, 0.3) is 0 Å². The van der Waals surface area contributed by atoms with Crippen molar-refractivity contribution in [2.75, 3.05) is 19.6 Å². The minimum atomic E-state index is -4.85. The standard InChI is InChI=1S/C18H22ClF3N2O3/c1-11(2)27-15-4-3-13(19)9-14(15)16(25)23-10-12-5-7-24(8-6-12)17(26)18(20,21)22/h3-4,9,11-12H,5-8,10H2,1-2H3,(H,23,25). The molecule has 0 unspecified atom stereocenters. The Bertz CT molecular complexity index is 687. The number of hydrogen-bond acceptors (Lipinski definition) is 3. The summed E-state index contributed by atoms with van der Waals surface area (Å²) >= 11 is 5.96. The minimum Gasteiger partial charge on any atom is -0.490 e. The molecule has 0 atom stereocenters. The van der Waals surface area contributed by atoms with E-state index >= 15 is 0 Å². The van der Waals surface area contributed by atoms with E-state index in [1.54, 1.807) is 12.1 Å². The number of benzene rings is 1. The number of carbonyl (C=O) groups is 2. The Balaban J connectivity index is 1.90. The average molecular weight is 407 g/mol. The van der Waals surface area contributed by atoms with Gasteiger partial charge in [0.05, 0.1) is 11.7 Å². The third-order valence-corrected chi connectivity index (χ3v) is 4.48. The van der Waals surface area contributed by atoms with E-state index in [-0.39, 0.29) is 31.0 Å². The van der Waals surface area contributed by atoms with Crippen molar-refractivity contribution in [2.24, 2.45) is 5.92 Å². The monoisotopic (exact) mass is 406 g/mol. The third-order valence-electron chi connectivity index (χ3n) is 4.24. The molecule has 1 heterocycles. The van der Waals surface area contributed by atoms with Crippen LogP contribution in [0.1, 0.15) is 37.0 Å². The molecule has 1 aromatic rings. The van der Waals surface area contributed by atoms with Gasteiger partial charge in [-0.25, -0.2) is 0 Å². The van der Waals surface area contributed by atoms with Crippen molar-refractivity contribution in [2.45, 2.75) is 39.0 Å². The maximum atomic E-state index is 12.5. The second-order valence-electron chi connectivity index (χ2n) is 6.75. The van der Waals surface area contributed by atoms with E-state index < -0.39 is 12.1 Å². The smallest absolute Gasteiger partial charge is 0.471 e. The summed E-state index contributed by atoms with van der Waals surface area (Å²) in [5, 5.41) is 3.18. The molecule has 1 aliphatic heterocycles. The fourth-order valence-corrected chi connectivity index (χ4v) is 3.06.